The summed E-state index contributed by atoms with van der Waals surface area (Å²) in [7, 11) is 0. The van der Waals surface area contributed by atoms with Gasteiger partial charge in [0, 0.05) is 17.3 Å². The second-order valence-corrected chi connectivity index (χ2v) is 8.81. The lowest BCUT2D eigenvalue weighted by Gasteiger charge is -2.59. The summed E-state index contributed by atoms with van der Waals surface area (Å²) in [5.74, 6) is -3.48. The Labute approximate surface area is 151 Å². The molecule has 4 aliphatic rings. The number of rotatable bonds is 1. The Hall–Kier alpha value is -1.53. The quantitative estimate of drug-likeness (QED) is 0.662. The van der Waals surface area contributed by atoms with Crippen molar-refractivity contribution in [2.45, 2.75) is 56.9 Å². The molecule has 0 radical (unpaired) electrons. The zero-order chi connectivity index (χ0) is 19.1. The Bertz CT molecular complexity index is 744. The second kappa shape index (κ2) is 5.26. The van der Waals surface area contributed by atoms with Crippen molar-refractivity contribution >= 4 is 11.8 Å². The number of aliphatic carboxylic acids is 1. The molecule has 0 heterocycles. The lowest BCUT2D eigenvalue weighted by Crippen LogP contribution is -2.66. The standard InChI is InChI=1S/C20H25FO5/c1-10-7-13-14-4-3-11-8-12(22)5-6-18(11,2)20(14,21)16(23)9-15(13)19(10,26)17(24)25/h5-6,8,10,13-16,23,26H,3-4,7,9H2,1-2H3,(H,24,25)/t10-,13?,14+,15+,16+,18+,19-,20+/m1/s1. The molecule has 5 nitrogen and oxygen atoms in total. The zero-order valence-corrected chi connectivity index (χ0v) is 15.0. The van der Waals surface area contributed by atoms with E-state index in [0.717, 1.165) is 0 Å². The summed E-state index contributed by atoms with van der Waals surface area (Å²) in [6.45, 7) is 3.41. The first kappa shape index (κ1) is 17.9. The molecular formula is C20H25FO5. The van der Waals surface area contributed by atoms with Crippen molar-refractivity contribution in [2.24, 2.45) is 29.1 Å². The van der Waals surface area contributed by atoms with Gasteiger partial charge in [0.25, 0.3) is 0 Å². The van der Waals surface area contributed by atoms with Gasteiger partial charge in [0.2, 0.25) is 0 Å². The van der Waals surface area contributed by atoms with E-state index in [2.05, 4.69) is 0 Å². The Morgan fingerprint density at radius 2 is 2.00 bits per heavy atom. The third-order valence-electron chi connectivity index (χ3n) is 7.91. The molecule has 142 valence electrons. The minimum Gasteiger partial charge on any atom is -0.479 e. The molecule has 4 rings (SSSR count). The molecule has 0 aromatic carbocycles. The number of alkyl halides is 1. The van der Waals surface area contributed by atoms with E-state index >= 15 is 4.39 Å². The largest absolute Gasteiger partial charge is 0.479 e. The van der Waals surface area contributed by atoms with E-state index in [1.165, 1.54) is 12.2 Å². The minimum absolute atomic E-state index is 0.0878. The van der Waals surface area contributed by atoms with Crippen molar-refractivity contribution in [3.63, 3.8) is 0 Å². The number of ketones is 1. The first-order valence-electron chi connectivity index (χ1n) is 9.33. The van der Waals surface area contributed by atoms with E-state index < -0.39 is 46.5 Å². The van der Waals surface area contributed by atoms with Gasteiger partial charge in [0.1, 0.15) is 0 Å². The van der Waals surface area contributed by atoms with Crippen LogP contribution in [0.2, 0.25) is 0 Å². The molecule has 3 saturated carbocycles. The van der Waals surface area contributed by atoms with E-state index in [1.807, 2.05) is 0 Å². The van der Waals surface area contributed by atoms with E-state index in [1.54, 1.807) is 19.9 Å². The van der Waals surface area contributed by atoms with Gasteiger partial charge in [0.15, 0.2) is 17.1 Å². The Morgan fingerprint density at radius 3 is 2.65 bits per heavy atom. The number of carbonyl (C=O) groups excluding carboxylic acids is 1. The topological polar surface area (TPSA) is 94.8 Å². The van der Waals surface area contributed by atoms with Crippen molar-refractivity contribution in [1.29, 1.82) is 0 Å². The number of allylic oxidation sites excluding steroid dienone is 4. The molecule has 0 aromatic rings. The SMILES string of the molecule is C[C@@H]1CC2[C@H](C[C@H](O)[C@@]3(F)[C@H]2CCC2=CC(=O)C=C[C@@]23C)[C@@]1(O)C(=O)O. The molecule has 8 atom stereocenters. The number of hydrogen-bond acceptors (Lipinski definition) is 4. The van der Waals surface area contributed by atoms with Crippen molar-refractivity contribution < 1.29 is 29.3 Å². The number of hydrogen-bond donors (Lipinski definition) is 3. The maximum absolute atomic E-state index is 16.6. The molecule has 0 bridgehead atoms. The number of halogens is 1. The fourth-order valence-corrected chi connectivity index (χ4v) is 6.48. The highest BCUT2D eigenvalue weighted by atomic mass is 19.1. The maximum atomic E-state index is 16.6. The number of carboxylic acid groups (broad SMARTS) is 1. The Morgan fingerprint density at radius 1 is 1.31 bits per heavy atom. The average Bonchev–Trinajstić information content (AvgIpc) is 2.83. The van der Waals surface area contributed by atoms with Crippen LogP contribution in [0.15, 0.2) is 23.8 Å². The van der Waals surface area contributed by atoms with Gasteiger partial charge in [-0.1, -0.05) is 18.6 Å². The summed E-state index contributed by atoms with van der Waals surface area (Å²) >= 11 is 0. The molecule has 4 aliphatic carbocycles. The zero-order valence-electron chi connectivity index (χ0n) is 15.0. The third-order valence-corrected chi connectivity index (χ3v) is 7.91. The predicted molar refractivity (Wildman–Crippen MR) is 90.9 cm³/mol. The van der Waals surface area contributed by atoms with Gasteiger partial charge in [-0.15, -0.1) is 0 Å². The summed E-state index contributed by atoms with van der Waals surface area (Å²) < 4.78 is 16.6. The number of aliphatic hydroxyl groups excluding tert-OH is 1. The van der Waals surface area contributed by atoms with Crippen LogP contribution in [0.25, 0.3) is 0 Å². The van der Waals surface area contributed by atoms with Crippen LogP contribution in [-0.4, -0.2) is 44.4 Å². The van der Waals surface area contributed by atoms with Gasteiger partial charge in [0.05, 0.1) is 6.10 Å². The highest BCUT2D eigenvalue weighted by molar-refractivity contribution is 6.01. The molecule has 0 amide bonds. The minimum atomic E-state index is -1.97. The van der Waals surface area contributed by atoms with Crippen LogP contribution in [0.1, 0.15) is 39.5 Å². The predicted octanol–water partition coefficient (Wildman–Crippen LogP) is 2.03. The van der Waals surface area contributed by atoms with Crippen LogP contribution in [-0.2, 0) is 9.59 Å². The van der Waals surface area contributed by atoms with E-state index in [4.69, 9.17) is 0 Å². The van der Waals surface area contributed by atoms with Gasteiger partial charge in [-0.25, -0.2) is 9.18 Å². The van der Waals surface area contributed by atoms with Crippen LogP contribution in [0.4, 0.5) is 4.39 Å². The van der Waals surface area contributed by atoms with E-state index in [-0.39, 0.29) is 18.1 Å². The van der Waals surface area contributed by atoms with Crippen molar-refractivity contribution in [3.05, 3.63) is 23.8 Å². The number of fused-ring (bicyclic) bond motifs is 5. The van der Waals surface area contributed by atoms with Gasteiger partial charge < -0.3 is 15.3 Å². The summed E-state index contributed by atoms with van der Waals surface area (Å²) in [5.41, 5.74) is -4.29. The lowest BCUT2D eigenvalue weighted by molar-refractivity contribution is -0.198. The van der Waals surface area contributed by atoms with Gasteiger partial charge in [-0.3, -0.25) is 4.79 Å². The molecular weight excluding hydrogens is 339 g/mol. The molecule has 0 aliphatic heterocycles. The highest BCUT2D eigenvalue weighted by Gasteiger charge is 2.71. The summed E-state index contributed by atoms with van der Waals surface area (Å²) in [5, 5.41) is 31.3. The van der Waals surface area contributed by atoms with Gasteiger partial charge in [-0.05, 0) is 56.6 Å². The number of carboxylic acids is 1. The van der Waals surface area contributed by atoms with Crippen LogP contribution in [0.3, 0.4) is 0 Å². The Kier molecular flexibility index (Phi) is 3.61. The number of aliphatic hydroxyl groups is 2. The van der Waals surface area contributed by atoms with Crippen LogP contribution < -0.4 is 0 Å². The van der Waals surface area contributed by atoms with E-state index in [9.17, 15) is 24.9 Å². The first-order valence-corrected chi connectivity index (χ1v) is 9.33. The van der Waals surface area contributed by atoms with Crippen LogP contribution >= 0.6 is 0 Å². The van der Waals surface area contributed by atoms with Gasteiger partial charge >= 0.3 is 5.97 Å². The molecule has 3 fully saturated rings. The summed E-state index contributed by atoms with van der Waals surface area (Å²) in [6, 6.07) is 0. The average molecular weight is 364 g/mol. The van der Waals surface area contributed by atoms with Crippen LogP contribution in [0, 0.1) is 29.1 Å². The smallest absolute Gasteiger partial charge is 0.336 e. The first-order chi connectivity index (χ1) is 12.1. The molecule has 26 heavy (non-hydrogen) atoms. The van der Waals surface area contributed by atoms with Crippen molar-refractivity contribution in [2.75, 3.05) is 0 Å². The van der Waals surface area contributed by atoms with E-state index in [0.29, 0.717) is 24.8 Å². The fraction of sp³-hybridized carbons (Fsp3) is 0.700. The monoisotopic (exact) mass is 364 g/mol. The second-order valence-electron chi connectivity index (χ2n) is 8.81. The lowest BCUT2D eigenvalue weighted by atomic mass is 9.48. The molecule has 6 heteroatoms. The number of carbonyl (C=O) groups is 2. The molecule has 0 saturated heterocycles. The molecule has 0 spiro atoms. The van der Waals surface area contributed by atoms with Crippen LogP contribution in [0.5, 0.6) is 0 Å². The highest BCUT2D eigenvalue weighted by Crippen LogP contribution is 2.66. The molecule has 3 N–H and O–H groups in total. The summed E-state index contributed by atoms with van der Waals surface area (Å²) in [6.07, 6.45) is 4.33. The Balaban J connectivity index is 1.80. The third kappa shape index (κ3) is 1.87. The molecule has 1 unspecified atom stereocenters. The van der Waals surface area contributed by atoms with Crippen molar-refractivity contribution in [3.8, 4) is 0 Å². The fourth-order valence-electron chi connectivity index (χ4n) is 6.48. The van der Waals surface area contributed by atoms with Crippen molar-refractivity contribution in [1.82, 2.24) is 0 Å². The van der Waals surface area contributed by atoms with Gasteiger partial charge in [-0.2, -0.15) is 0 Å². The normalized spacial score (nSPS) is 52.7. The summed E-state index contributed by atoms with van der Waals surface area (Å²) in [4.78, 5) is 23.5. The maximum Gasteiger partial charge on any atom is 0.336 e. The molecule has 0 aromatic heterocycles.